The van der Waals surface area contributed by atoms with Gasteiger partial charge >= 0.3 is 0 Å². The Morgan fingerprint density at radius 1 is 1.48 bits per heavy atom. The van der Waals surface area contributed by atoms with E-state index in [-0.39, 0.29) is 5.91 Å². The molecule has 0 unspecified atom stereocenters. The number of rotatable bonds is 4. The van der Waals surface area contributed by atoms with Crippen LogP contribution < -0.4 is 11.1 Å². The number of benzene rings is 1. The maximum absolute atomic E-state index is 12.1. The number of imidazole rings is 2. The maximum atomic E-state index is 12.1. The summed E-state index contributed by atoms with van der Waals surface area (Å²) in [6.07, 6.45) is 3.28. The molecule has 3 aromatic rings. The lowest BCUT2D eigenvalue weighted by atomic mass is 10.2. The summed E-state index contributed by atoms with van der Waals surface area (Å²) in [6.45, 7) is 3.04. The Kier molecular flexibility index (Phi) is 3.41. The summed E-state index contributed by atoms with van der Waals surface area (Å²) in [5.41, 5.74) is 8.29. The lowest BCUT2D eigenvalue weighted by Crippen LogP contribution is -2.12. The molecule has 0 atom stereocenters. The van der Waals surface area contributed by atoms with E-state index < -0.39 is 0 Å². The summed E-state index contributed by atoms with van der Waals surface area (Å²) in [6, 6.07) is 5.53. The molecule has 7 nitrogen and oxygen atoms in total. The molecule has 0 saturated heterocycles. The number of nitrogens with two attached hydrogens (primary N) is 1. The molecule has 0 aliphatic carbocycles. The van der Waals surface area contributed by atoms with E-state index in [0.29, 0.717) is 24.5 Å². The first-order chi connectivity index (χ1) is 10.2. The molecule has 0 saturated carbocycles. The second kappa shape index (κ2) is 5.37. The number of anilines is 1. The molecule has 108 valence electrons. The molecule has 0 aliphatic rings. The van der Waals surface area contributed by atoms with Crippen LogP contribution in [0.25, 0.3) is 11.0 Å². The van der Waals surface area contributed by atoms with Gasteiger partial charge in [0.2, 0.25) is 0 Å². The number of carbonyl (C=O) groups excluding carboxylic acids is 1. The summed E-state index contributed by atoms with van der Waals surface area (Å²) in [5, 5.41) is 2.82. The summed E-state index contributed by atoms with van der Waals surface area (Å²) >= 11 is 0. The van der Waals surface area contributed by atoms with E-state index in [9.17, 15) is 4.79 Å². The van der Waals surface area contributed by atoms with Gasteiger partial charge in [-0.05, 0) is 25.1 Å². The molecular weight excluding hydrogens is 268 g/mol. The Morgan fingerprint density at radius 3 is 3.14 bits per heavy atom. The molecule has 1 aromatic carbocycles. The lowest BCUT2D eigenvalue weighted by molar-refractivity contribution is 0.102. The van der Waals surface area contributed by atoms with Gasteiger partial charge in [0.15, 0.2) is 0 Å². The van der Waals surface area contributed by atoms with Crippen LogP contribution in [0.5, 0.6) is 0 Å². The van der Waals surface area contributed by atoms with Crippen molar-refractivity contribution in [1.29, 1.82) is 0 Å². The average molecular weight is 284 g/mol. The number of nitrogens with one attached hydrogen (secondary N) is 2. The van der Waals surface area contributed by atoms with E-state index in [1.165, 1.54) is 0 Å². The molecule has 0 aliphatic heterocycles. The van der Waals surface area contributed by atoms with Crippen molar-refractivity contribution in [2.24, 2.45) is 5.73 Å². The van der Waals surface area contributed by atoms with Crippen LogP contribution in [0.4, 0.5) is 5.69 Å². The normalized spacial score (nSPS) is 11.0. The predicted molar refractivity (Wildman–Crippen MR) is 80.1 cm³/mol. The van der Waals surface area contributed by atoms with Crippen LogP contribution in [-0.4, -0.2) is 32.0 Å². The number of aromatic amines is 1. The largest absolute Gasteiger partial charge is 0.342 e. The van der Waals surface area contributed by atoms with Crippen molar-refractivity contribution in [2.75, 3.05) is 11.9 Å². The minimum atomic E-state index is -0.249. The van der Waals surface area contributed by atoms with E-state index >= 15 is 0 Å². The topological polar surface area (TPSA) is 102 Å². The first kappa shape index (κ1) is 13.3. The number of aromatic nitrogens is 4. The highest BCUT2D eigenvalue weighted by atomic mass is 16.1. The number of hydrogen-bond acceptors (Lipinski definition) is 4. The predicted octanol–water partition coefficient (Wildman–Crippen LogP) is 1.28. The number of aryl methyl sites for hydroxylation is 1. The highest BCUT2D eigenvalue weighted by molar-refractivity contribution is 6.03. The minimum absolute atomic E-state index is 0.249. The summed E-state index contributed by atoms with van der Waals surface area (Å²) in [4.78, 5) is 23.7. The number of H-pyrrole nitrogens is 1. The van der Waals surface area contributed by atoms with Crippen LogP contribution in [-0.2, 0) is 6.54 Å². The van der Waals surface area contributed by atoms with Gasteiger partial charge in [0.1, 0.15) is 11.5 Å². The fraction of sp³-hybridized carbons (Fsp3) is 0.214. The first-order valence-electron chi connectivity index (χ1n) is 6.65. The van der Waals surface area contributed by atoms with Crippen LogP contribution in [0.15, 0.2) is 30.7 Å². The second-order valence-corrected chi connectivity index (χ2v) is 4.79. The SMILES string of the molecule is Cc1nc2ccc(NC(=O)c3cn(CCN)cn3)cc2[nH]1. The van der Waals surface area contributed by atoms with Gasteiger partial charge in [0.25, 0.3) is 5.91 Å². The quantitative estimate of drug-likeness (QED) is 0.671. The van der Waals surface area contributed by atoms with Crippen molar-refractivity contribution in [3.05, 3.63) is 42.2 Å². The molecule has 4 N–H and O–H groups in total. The lowest BCUT2D eigenvalue weighted by Gasteiger charge is -2.03. The van der Waals surface area contributed by atoms with Crippen molar-refractivity contribution in [1.82, 2.24) is 19.5 Å². The molecular formula is C14H16N6O. The smallest absolute Gasteiger partial charge is 0.275 e. The van der Waals surface area contributed by atoms with Crippen LogP contribution in [0.3, 0.4) is 0 Å². The summed E-state index contributed by atoms with van der Waals surface area (Å²) in [5.74, 6) is 0.593. The number of amides is 1. The molecule has 2 aromatic heterocycles. The van der Waals surface area contributed by atoms with Crippen LogP contribution in [0, 0.1) is 6.92 Å². The first-order valence-corrected chi connectivity index (χ1v) is 6.65. The second-order valence-electron chi connectivity index (χ2n) is 4.79. The number of fused-ring (bicyclic) bond motifs is 1. The molecule has 1 amide bonds. The molecule has 2 heterocycles. The highest BCUT2D eigenvalue weighted by Crippen LogP contribution is 2.17. The van der Waals surface area contributed by atoms with Crippen molar-refractivity contribution < 1.29 is 4.79 Å². The van der Waals surface area contributed by atoms with Crippen LogP contribution in [0.2, 0.25) is 0 Å². The maximum Gasteiger partial charge on any atom is 0.275 e. The third kappa shape index (κ3) is 2.77. The molecule has 7 heteroatoms. The summed E-state index contributed by atoms with van der Waals surface area (Å²) in [7, 11) is 0. The van der Waals surface area contributed by atoms with Gasteiger partial charge < -0.3 is 20.6 Å². The van der Waals surface area contributed by atoms with Crippen LogP contribution in [0.1, 0.15) is 16.3 Å². The molecule has 0 fully saturated rings. The van der Waals surface area contributed by atoms with E-state index in [2.05, 4.69) is 20.3 Å². The molecule has 3 rings (SSSR count). The zero-order valence-corrected chi connectivity index (χ0v) is 11.6. The van der Waals surface area contributed by atoms with Crippen LogP contribution >= 0.6 is 0 Å². The summed E-state index contributed by atoms with van der Waals surface area (Å²) < 4.78 is 1.79. The minimum Gasteiger partial charge on any atom is -0.342 e. The Labute approximate surface area is 121 Å². The van der Waals surface area contributed by atoms with E-state index in [1.54, 1.807) is 17.1 Å². The van der Waals surface area contributed by atoms with Gasteiger partial charge in [-0.25, -0.2) is 9.97 Å². The van der Waals surface area contributed by atoms with Gasteiger partial charge in [-0.15, -0.1) is 0 Å². The molecule has 0 radical (unpaired) electrons. The third-order valence-corrected chi connectivity index (χ3v) is 3.11. The average Bonchev–Trinajstić information content (AvgIpc) is 3.04. The van der Waals surface area contributed by atoms with Gasteiger partial charge in [-0.1, -0.05) is 0 Å². The van der Waals surface area contributed by atoms with Crippen molar-refractivity contribution in [2.45, 2.75) is 13.5 Å². The van der Waals surface area contributed by atoms with E-state index in [1.807, 2.05) is 25.1 Å². The Hall–Kier alpha value is -2.67. The Bertz CT molecular complexity index is 788. The third-order valence-electron chi connectivity index (χ3n) is 3.11. The van der Waals surface area contributed by atoms with E-state index in [4.69, 9.17) is 5.73 Å². The molecule has 0 bridgehead atoms. The van der Waals surface area contributed by atoms with Crippen molar-refractivity contribution >= 4 is 22.6 Å². The van der Waals surface area contributed by atoms with Gasteiger partial charge in [0, 0.05) is 25.0 Å². The Morgan fingerprint density at radius 2 is 2.33 bits per heavy atom. The van der Waals surface area contributed by atoms with Gasteiger partial charge in [-0.2, -0.15) is 0 Å². The molecule has 0 spiro atoms. The standard InChI is InChI=1S/C14H16N6O/c1-9-17-11-3-2-10(6-12(11)18-9)19-14(21)13-7-20(5-4-15)8-16-13/h2-3,6-8H,4-5,15H2,1H3,(H,17,18)(H,19,21). The van der Waals surface area contributed by atoms with Crippen molar-refractivity contribution in [3.8, 4) is 0 Å². The fourth-order valence-corrected chi connectivity index (χ4v) is 2.16. The molecule has 21 heavy (non-hydrogen) atoms. The zero-order valence-electron chi connectivity index (χ0n) is 11.6. The van der Waals surface area contributed by atoms with Gasteiger partial charge in [-0.3, -0.25) is 4.79 Å². The fourth-order valence-electron chi connectivity index (χ4n) is 2.16. The highest BCUT2D eigenvalue weighted by Gasteiger charge is 2.10. The van der Waals surface area contributed by atoms with Crippen molar-refractivity contribution in [3.63, 3.8) is 0 Å². The number of hydrogen-bond donors (Lipinski definition) is 3. The monoisotopic (exact) mass is 284 g/mol. The zero-order chi connectivity index (χ0) is 14.8. The van der Waals surface area contributed by atoms with Gasteiger partial charge in [0.05, 0.1) is 17.4 Å². The number of carbonyl (C=O) groups is 1. The Balaban J connectivity index is 1.78. The van der Waals surface area contributed by atoms with E-state index in [0.717, 1.165) is 16.9 Å². The number of nitrogens with zero attached hydrogens (tertiary/aromatic N) is 3.